The van der Waals surface area contributed by atoms with Crippen molar-refractivity contribution in [2.45, 2.75) is 0 Å². The van der Waals surface area contributed by atoms with Gasteiger partial charge in [-0.1, -0.05) is 0 Å². The highest BCUT2D eigenvalue weighted by molar-refractivity contribution is 5.95. The van der Waals surface area contributed by atoms with Gasteiger partial charge in [0.15, 0.2) is 5.75 Å². The SMILES string of the molecule is O=C(O)Oc1cc(O)cc(O)c1C(=O)O. The van der Waals surface area contributed by atoms with Crippen LogP contribution >= 0.6 is 0 Å². The number of hydrogen-bond donors (Lipinski definition) is 4. The number of benzene rings is 1. The predicted molar refractivity (Wildman–Crippen MR) is 45.4 cm³/mol. The third kappa shape index (κ3) is 2.27. The maximum Gasteiger partial charge on any atom is 0.511 e. The number of carboxylic acid groups (broad SMARTS) is 2. The van der Waals surface area contributed by atoms with E-state index in [1.54, 1.807) is 0 Å². The second-order valence-corrected chi connectivity index (χ2v) is 2.51. The van der Waals surface area contributed by atoms with Crippen LogP contribution in [0.1, 0.15) is 10.4 Å². The zero-order chi connectivity index (χ0) is 11.6. The molecule has 0 spiro atoms. The Morgan fingerprint density at radius 1 is 1.13 bits per heavy atom. The minimum atomic E-state index is -1.75. The topological polar surface area (TPSA) is 124 Å². The van der Waals surface area contributed by atoms with Crippen molar-refractivity contribution in [2.24, 2.45) is 0 Å². The van der Waals surface area contributed by atoms with E-state index in [4.69, 9.17) is 20.4 Å². The molecule has 0 radical (unpaired) electrons. The summed E-state index contributed by atoms with van der Waals surface area (Å²) in [5.41, 5.74) is -0.727. The van der Waals surface area contributed by atoms with Gasteiger partial charge in [0.25, 0.3) is 0 Å². The Labute approximate surface area is 82.8 Å². The summed E-state index contributed by atoms with van der Waals surface area (Å²) in [7, 11) is 0. The number of aromatic hydroxyl groups is 2. The molecular weight excluding hydrogens is 208 g/mol. The van der Waals surface area contributed by atoms with Crippen molar-refractivity contribution >= 4 is 12.1 Å². The third-order valence-corrected chi connectivity index (χ3v) is 1.48. The summed E-state index contributed by atoms with van der Waals surface area (Å²) in [5.74, 6) is -3.50. The normalized spacial score (nSPS) is 9.60. The third-order valence-electron chi connectivity index (χ3n) is 1.48. The summed E-state index contributed by atoms with van der Waals surface area (Å²) >= 11 is 0. The summed E-state index contributed by atoms with van der Waals surface area (Å²) < 4.78 is 4.08. The number of ether oxygens (including phenoxy) is 1. The molecule has 0 aliphatic heterocycles. The van der Waals surface area contributed by atoms with Gasteiger partial charge in [0.1, 0.15) is 17.1 Å². The summed E-state index contributed by atoms with van der Waals surface area (Å²) in [6.45, 7) is 0. The molecule has 0 heterocycles. The number of phenols is 2. The van der Waals surface area contributed by atoms with Gasteiger partial charge in [0.05, 0.1) is 0 Å². The van der Waals surface area contributed by atoms with Crippen molar-refractivity contribution in [3.63, 3.8) is 0 Å². The number of hydrogen-bond acceptors (Lipinski definition) is 5. The average molecular weight is 214 g/mol. The molecule has 0 amide bonds. The van der Waals surface area contributed by atoms with Crippen LogP contribution in [0.2, 0.25) is 0 Å². The first-order chi connectivity index (χ1) is 6.91. The number of aromatic carboxylic acids is 1. The number of rotatable bonds is 2. The first-order valence-electron chi connectivity index (χ1n) is 3.62. The number of phenolic OH excluding ortho intramolecular Hbond substituents is 1. The van der Waals surface area contributed by atoms with Crippen LogP contribution in [0.4, 0.5) is 4.79 Å². The molecule has 0 aliphatic carbocycles. The lowest BCUT2D eigenvalue weighted by Gasteiger charge is -2.06. The van der Waals surface area contributed by atoms with E-state index in [2.05, 4.69) is 4.74 Å². The van der Waals surface area contributed by atoms with E-state index in [1.165, 1.54) is 0 Å². The van der Waals surface area contributed by atoms with Gasteiger partial charge in [-0.2, -0.15) is 0 Å². The summed E-state index contributed by atoms with van der Waals surface area (Å²) in [5, 5.41) is 35.0. The molecule has 0 bridgehead atoms. The average Bonchev–Trinajstić information content (AvgIpc) is 1.99. The van der Waals surface area contributed by atoms with Crippen LogP contribution in [0.3, 0.4) is 0 Å². The van der Waals surface area contributed by atoms with E-state index >= 15 is 0 Å². The van der Waals surface area contributed by atoms with Crippen molar-refractivity contribution in [3.05, 3.63) is 17.7 Å². The highest BCUT2D eigenvalue weighted by Crippen LogP contribution is 2.32. The minimum Gasteiger partial charge on any atom is -0.508 e. The van der Waals surface area contributed by atoms with E-state index in [-0.39, 0.29) is 0 Å². The van der Waals surface area contributed by atoms with E-state index < -0.39 is 34.9 Å². The maximum absolute atomic E-state index is 10.6. The Hall–Kier alpha value is -2.44. The predicted octanol–water partition coefficient (Wildman–Crippen LogP) is 0.853. The van der Waals surface area contributed by atoms with Crippen molar-refractivity contribution in [2.75, 3.05) is 0 Å². The fraction of sp³-hybridized carbons (Fsp3) is 0. The monoisotopic (exact) mass is 214 g/mol. The van der Waals surface area contributed by atoms with Crippen molar-refractivity contribution in [1.82, 2.24) is 0 Å². The molecule has 4 N–H and O–H groups in total. The number of carboxylic acids is 1. The second kappa shape index (κ2) is 3.74. The van der Waals surface area contributed by atoms with Gasteiger partial charge >= 0.3 is 12.1 Å². The van der Waals surface area contributed by atoms with Crippen LogP contribution in [0, 0.1) is 0 Å². The standard InChI is InChI=1S/C8H6O7/c9-3-1-4(10)6(7(11)12)5(2-3)15-8(13)14/h1-2,9-10H,(H,11,12)(H,13,14). The molecule has 1 aromatic carbocycles. The molecule has 80 valence electrons. The molecule has 1 aromatic rings. The molecule has 0 aromatic heterocycles. The van der Waals surface area contributed by atoms with Crippen LogP contribution in [0.5, 0.6) is 17.2 Å². The van der Waals surface area contributed by atoms with Crippen LogP contribution in [0.25, 0.3) is 0 Å². The highest BCUT2D eigenvalue weighted by Gasteiger charge is 2.20. The van der Waals surface area contributed by atoms with Gasteiger partial charge in [0.2, 0.25) is 0 Å². The van der Waals surface area contributed by atoms with Gasteiger partial charge < -0.3 is 25.2 Å². The zero-order valence-electron chi connectivity index (χ0n) is 7.17. The first-order valence-corrected chi connectivity index (χ1v) is 3.62. The molecule has 0 fully saturated rings. The highest BCUT2D eigenvalue weighted by atomic mass is 16.7. The zero-order valence-corrected chi connectivity index (χ0v) is 7.17. The first kappa shape index (κ1) is 10.6. The Bertz CT molecular complexity index is 423. The lowest BCUT2D eigenvalue weighted by atomic mass is 10.1. The van der Waals surface area contributed by atoms with E-state index in [1.807, 2.05) is 0 Å². The van der Waals surface area contributed by atoms with E-state index in [0.29, 0.717) is 0 Å². The summed E-state index contributed by atoms with van der Waals surface area (Å²) in [6, 6.07) is 1.54. The Morgan fingerprint density at radius 2 is 1.73 bits per heavy atom. The Kier molecular flexibility index (Phi) is 2.65. The van der Waals surface area contributed by atoms with Gasteiger partial charge in [-0.05, 0) is 0 Å². The second-order valence-electron chi connectivity index (χ2n) is 2.51. The van der Waals surface area contributed by atoms with Crippen molar-refractivity contribution in [3.8, 4) is 17.2 Å². The fourth-order valence-corrected chi connectivity index (χ4v) is 0.976. The van der Waals surface area contributed by atoms with Gasteiger partial charge in [0, 0.05) is 12.1 Å². The Morgan fingerprint density at radius 3 is 2.20 bits per heavy atom. The smallest absolute Gasteiger partial charge is 0.508 e. The molecule has 0 saturated carbocycles. The summed E-state index contributed by atoms with van der Waals surface area (Å²) in [6.07, 6.45) is -1.75. The van der Waals surface area contributed by atoms with Crippen molar-refractivity contribution < 1.29 is 34.8 Å². The van der Waals surface area contributed by atoms with Crippen LogP contribution in [-0.2, 0) is 0 Å². The van der Waals surface area contributed by atoms with Gasteiger partial charge in [-0.15, -0.1) is 0 Å². The molecule has 0 aliphatic rings. The minimum absolute atomic E-state index is 0.506. The fourth-order valence-electron chi connectivity index (χ4n) is 0.976. The molecule has 7 nitrogen and oxygen atoms in total. The molecule has 0 unspecified atom stereocenters. The lowest BCUT2D eigenvalue weighted by Crippen LogP contribution is -2.08. The molecule has 7 heteroatoms. The molecule has 0 atom stereocenters. The maximum atomic E-state index is 10.6. The largest absolute Gasteiger partial charge is 0.511 e. The van der Waals surface area contributed by atoms with E-state index in [9.17, 15) is 9.59 Å². The molecular formula is C8H6O7. The van der Waals surface area contributed by atoms with Crippen LogP contribution < -0.4 is 4.74 Å². The van der Waals surface area contributed by atoms with Crippen LogP contribution in [0.15, 0.2) is 12.1 Å². The van der Waals surface area contributed by atoms with Crippen molar-refractivity contribution in [1.29, 1.82) is 0 Å². The molecule has 1 rings (SSSR count). The van der Waals surface area contributed by atoms with E-state index in [0.717, 1.165) is 12.1 Å². The molecule has 0 saturated heterocycles. The Balaban J connectivity index is 3.33. The molecule has 15 heavy (non-hydrogen) atoms. The van der Waals surface area contributed by atoms with Crippen LogP contribution in [-0.4, -0.2) is 32.6 Å². The quantitative estimate of drug-likeness (QED) is 0.424. The number of carbonyl (C=O) groups is 2. The van der Waals surface area contributed by atoms with Gasteiger partial charge in [-0.25, -0.2) is 9.59 Å². The van der Waals surface area contributed by atoms with Gasteiger partial charge in [-0.3, -0.25) is 0 Å². The summed E-state index contributed by atoms with van der Waals surface area (Å²) in [4.78, 5) is 20.8. The lowest BCUT2D eigenvalue weighted by molar-refractivity contribution is 0.0689.